The van der Waals surface area contributed by atoms with E-state index in [1.165, 1.54) is 32.2 Å². The quantitative estimate of drug-likeness (QED) is 0.178. The van der Waals surface area contributed by atoms with Gasteiger partial charge in [0.2, 0.25) is 0 Å². The minimum atomic E-state index is -1.40. The topological polar surface area (TPSA) is 38.8 Å². The van der Waals surface area contributed by atoms with Gasteiger partial charge in [-0.05, 0) is 46.5 Å². The largest absolute Gasteiger partial charge is 0.408 e. The summed E-state index contributed by atoms with van der Waals surface area (Å²) in [5.41, 5.74) is 1.75. The molecule has 1 atom stereocenters. The minimum absolute atomic E-state index is 0.203. The van der Waals surface area contributed by atoms with Crippen molar-refractivity contribution in [3.63, 3.8) is 0 Å². The van der Waals surface area contributed by atoms with E-state index >= 15 is 0 Å². The third kappa shape index (κ3) is 5.05. The van der Waals surface area contributed by atoms with Crippen LogP contribution in [0.25, 0.3) is 43.5 Å². The Morgan fingerprint density at radius 3 is 1.70 bits per heavy atom. The molecule has 0 amide bonds. The molecule has 0 aliphatic carbocycles. The van der Waals surface area contributed by atoms with Crippen LogP contribution in [0.4, 0.5) is 0 Å². The fourth-order valence-electron chi connectivity index (χ4n) is 6.25. The maximum absolute atomic E-state index is 6.90. The fraction of sp³-hybridized carbons (Fsp3) is 0.135. The summed E-state index contributed by atoms with van der Waals surface area (Å²) in [5, 5.41) is 9.41. The highest BCUT2D eigenvalue weighted by atomic mass is 31.1. The summed E-state index contributed by atoms with van der Waals surface area (Å²) in [5.74, 6) is 0. The lowest BCUT2D eigenvalue weighted by Crippen LogP contribution is -2.31. The molecule has 43 heavy (non-hydrogen) atoms. The molecule has 4 nitrogen and oxygen atoms in total. The predicted molar refractivity (Wildman–Crippen MR) is 182 cm³/mol. The molecule has 212 valence electrons. The third-order valence-corrected chi connectivity index (χ3v) is 11.9. The molecule has 1 saturated heterocycles. The van der Waals surface area contributed by atoms with Crippen molar-refractivity contribution in [2.45, 2.75) is 18.9 Å². The Bertz CT molecular complexity index is 1960. The molecule has 0 unspecified atom stereocenters. The molecule has 7 aromatic rings. The van der Waals surface area contributed by atoms with Crippen LogP contribution in [0.2, 0.25) is 0 Å². The second-order valence-electron chi connectivity index (χ2n) is 11.0. The van der Waals surface area contributed by atoms with Crippen molar-refractivity contribution in [3.8, 4) is 0 Å². The van der Waals surface area contributed by atoms with Crippen LogP contribution >= 0.6 is 16.3 Å². The van der Waals surface area contributed by atoms with Gasteiger partial charge in [-0.25, -0.2) is 0 Å². The van der Waals surface area contributed by atoms with Gasteiger partial charge in [0.05, 0.1) is 14.8 Å². The molecule has 1 fully saturated rings. The SMILES string of the molecule is c1ccc(P(OC[C@H]2CCCN2p2oc3ccc4ccccc4c3c3c(ccc4ccccc43)o2)c2ccccc2)cc1. The molecule has 1 aliphatic rings. The van der Waals surface area contributed by atoms with Crippen molar-refractivity contribution in [1.82, 2.24) is 0 Å². The van der Waals surface area contributed by atoms with Crippen LogP contribution in [-0.4, -0.2) is 19.2 Å². The first-order valence-corrected chi connectivity index (χ1v) is 17.2. The van der Waals surface area contributed by atoms with Crippen LogP contribution in [0.15, 0.2) is 142 Å². The van der Waals surface area contributed by atoms with Crippen molar-refractivity contribution < 1.29 is 12.9 Å². The number of nitrogens with zero attached hydrogens (tertiary/aromatic N) is 1. The number of fused-ring (bicyclic) bond motifs is 7. The van der Waals surface area contributed by atoms with Gasteiger partial charge in [-0.15, -0.1) is 0 Å². The lowest BCUT2D eigenvalue weighted by molar-refractivity contribution is 0.327. The highest BCUT2D eigenvalue weighted by molar-refractivity contribution is 7.68. The van der Waals surface area contributed by atoms with Gasteiger partial charge in [-0.1, -0.05) is 121 Å². The van der Waals surface area contributed by atoms with Gasteiger partial charge in [0.1, 0.15) is 11.2 Å². The Balaban J connectivity index is 1.24. The molecule has 0 bridgehead atoms. The maximum Gasteiger partial charge on any atom is 0.310 e. The first kappa shape index (κ1) is 26.7. The predicted octanol–water partition coefficient (Wildman–Crippen LogP) is 9.76. The van der Waals surface area contributed by atoms with Gasteiger partial charge in [0, 0.05) is 34.0 Å². The molecule has 2 heterocycles. The van der Waals surface area contributed by atoms with Gasteiger partial charge in [-0.3, -0.25) is 0 Å². The van der Waals surface area contributed by atoms with E-state index in [1.54, 1.807) is 0 Å². The summed E-state index contributed by atoms with van der Waals surface area (Å²) in [6.45, 7) is 1.54. The first-order valence-electron chi connectivity index (χ1n) is 14.8. The van der Waals surface area contributed by atoms with Crippen LogP contribution in [0.5, 0.6) is 0 Å². The van der Waals surface area contributed by atoms with E-state index in [4.69, 9.17) is 12.9 Å². The third-order valence-electron chi connectivity index (χ3n) is 8.32. The zero-order valence-electron chi connectivity index (χ0n) is 23.7. The molecule has 6 heteroatoms. The summed E-state index contributed by atoms with van der Waals surface area (Å²) in [7, 11) is -2.34. The lowest BCUT2D eigenvalue weighted by Gasteiger charge is -2.24. The fourth-order valence-corrected chi connectivity index (χ4v) is 9.70. The van der Waals surface area contributed by atoms with E-state index in [1.807, 2.05) is 0 Å². The van der Waals surface area contributed by atoms with E-state index < -0.39 is 16.3 Å². The Morgan fingerprint density at radius 1 is 0.628 bits per heavy atom. The first-order chi connectivity index (χ1) is 21.3. The molecular formula is C37H31NO3P2. The minimum Gasteiger partial charge on any atom is -0.408 e. The standard InChI is InChI=1S/C37H31NO3P2/c1-3-15-30(16-4-1)42(31-17-5-2-6-18-31)39-26-29-14-11-25-38(29)43-40-34-23-21-27-12-7-9-19-32(27)36(34)37-33-20-10-8-13-28(33)22-24-35(37)41-43/h1-10,12-13,15-24,29H,11,14,25-26H2/t29-/m1/s1. The number of hydrogen-bond acceptors (Lipinski definition) is 4. The highest BCUT2D eigenvalue weighted by Gasteiger charge is 2.31. The van der Waals surface area contributed by atoms with Crippen LogP contribution in [-0.2, 0) is 4.52 Å². The van der Waals surface area contributed by atoms with E-state index in [0.29, 0.717) is 6.61 Å². The van der Waals surface area contributed by atoms with E-state index in [2.05, 4.69) is 138 Å². The molecule has 0 saturated carbocycles. The van der Waals surface area contributed by atoms with E-state index in [-0.39, 0.29) is 6.04 Å². The Morgan fingerprint density at radius 2 is 1.14 bits per heavy atom. The molecule has 1 aliphatic heterocycles. The van der Waals surface area contributed by atoms with Gasteiger partial charge in [0.25, 0.3) is 0 Å². The number of hydrogen-bond donors (Lipinski definition) is 0. The molecule has 0 N–H and O–H groups in total. The monoisotopic (exact) mass is 599 g/mol. The zero-order chi connectivity index (χ0) is 28.6. The van der Waals surface area contributed by atoms with Gasteiger partial charge in [0.15, 0.2) is 0 Å². The molecule has 1 aromatic heterocycles. The Labute approximate surface area is 252 Å². The van der Waals surface area contributed by atoms with Crippen LogP contribution < -0.4 is 15.3 Å². The molecule has 0 spiro atoms. The van der Waals surface area contributed by atoms with Crippen molar-refractivity contribution in [2.75, 3.05) is 17.8 Å². The van der Waals surface area contributed by atoms with Crippen molar-refractivity contribution >= 4 is 70.4 Å². The average Bonchev–Trinajstić information content (AvgIpc) is 3.46. The summed E-state index contributed by atoms with van der Waals surface area (Å²) in [4.78, 5) is 0. The molecule has 8 rings (SSSR count). The molecule has 6 aromatic carbocycles. The Hall–Kier alpha value is -3.91. The summed E-state index contributed by atoms with van der Waals surface area (Å²) >= 11 is 0. The normalized spacial score (nSPS) is 15.7. The van der Waals surface area contributed by atoms with Crippen molar-refractivity contribution in [2.24, 2.45) is 0 Å². The molecule has 0 radical (unpaired) electrons. The van der Waals surface area contributed by atoms with Crippen LogP contribution in [0.3, 0.4) is 0 Å². The van der Waals surface area contributed by atoms with Gasteiger partial charge >= 0.3 is 8.16 Å². The molecular weight excluding hydrogens is 568 g/mol. The summed E-state index contributed by atoms with van der Waals surface area (Å²) in [6.07, 6.45) is 2.14. The second kappa shape index (κ2) is 11.6. The smallest absolute Gasteiger partial charge is 0.310 e. The van der Waals surface area contributed by atoms with Crippen molar-refractivity contribution in [3.05, 3.63) is 133 Å². The second-order valence-corrected chi connectivity index (χ2v) is 14.2. The number of benzene rings is 6. The number of rotatable bonds is 6. The van der Waals surface area contributed by atoms with Crippen LogP contribution in [0, 0.1) is 0 Å². The highest BCUT2D eigenvalue weighted by Crippen LogP contribution is 2.45. The van der Waals surface area contributed by atoms with Crippen molar-refractivity contribution in [1.29, 1.82) is 0 Å². The van der Waals surface area contributed by atoms with Crippen LogP contribution in [0.1, 0.15) is 12.8 Å². The zero-order valence-corrected chi connectivity index (χ0v) is 25.5. The van der Waals surface area contributed by atoms with Gasteiger partial charge in [-0.2, -0.15) is 4.67 Å². The lowest BCUT2D eigenvalue weighted by atomic mass is 9.99. The average molecular weight is 600 g/mol. The van der Waals surface area contributed by atoms with E-state index in [9.17, 15) is 0 Å². The summed E-state index contributed by atoms with van der Waals surface area (Å²) < 4.78 is 23.1. The maximum atomic E-state index is 6.90. The van der Waals surface area contributed by atoms with E-state index in [0.717, 1.165) is 41.3 Å². The van der Waals surface area contributed by atoms with Gasteiger partial charge < -0.3 is 12.9 Å². The Kier molecular flexibility index (Phi) is 7.23. The summed E-state index contributed by atoms with van der Waals surface area (Å²) in [6, 6.07) is 47.1.